The largest absolute Gasteiger partial charge is 0.488 e. The maximum atomic E-state index is 14.4. The molecule has 2 aromatic rings. The number of rotatable bonds is 8. The maximum absolute atomic E-state index is 14.4. The maximum Gasteiger partial charge on any atom is 0.235 e. The molecule has 0 spiro atoms. The number of carbonyl (C=O) groups is 1. The van der Waals surface area contributed by atoms with Gasteiger partial charge < -0.3 is 14.5 Å². The Kier molecular flexibility index (Phi) is 8.02. The van der Waals surface area contributed by atoms with Crippen LogP contribution in [0.1, 0.15) is 25.8 Å². The molecule has 3 N–H and O–H groups in total. The summed E-state index contributed by atoms with van der Waals surface area (Å²) in [6, 6.07) is 12.0. The highest BCUT2D eigenvalue weighted by atomic mass is 35.5. The van der Waals surface area contributed by atoms with Gasteiger partial charge in [-0.2, -0.15) is 0 Å². The molecule has 0 fully saturated rings. The van der Waals surface area contributed by atoms with Crippen molar-refractivity contribution in [3.8, 4) is 5.75 Å². The molecule has 0 saturated heterocycles. The molecule has 8 nitrogen and oxygen atoms in total. The summed E-state index contributed by atoms with van der Waals surface area (Å²) in [5.41, 5.74) is 3.54. The van der Waals surface area contributed by atoms with Crippen LogP contribution in [0.3, 0.4) is 0 Å². The Morgan fingerprint density at radius 1 is 1.31 bits per heavy atom. The number of aliphatic imine (C=N–C) groups is 2. The summed E-state index contributed by atoms with van der Waals surface area (Å²) in [6.07, 6.45) is 1.71. The minimum atomic E-state index is -0.487. The number of ether oxygens (including phenoxy) is 1. The van der Waals surface area contributed by atoms with Gasteiger partial charge in [-0.1, -0.05) is 23.7 Å². The van der Waals surface area contributed by atoms with E-state index in [1.807, 2.05) is 47.9 Å². The number of guanidine groups is 1. The summed E-state index contributed by atoms with van der Waals surface area (Å²) >= 11 is 5.99. The normalized spacial score (nSPS) is 14.9. The summed E-state index contributed by atoms with van der Waals surface area (Å²) in [5, 5.41) is 0.646. The highest BCUT2D eigenvalue weighted by Gasteiger charge is 2.20. The molecule has 32 heavy (non-hydrogen) atoms. The lowest BCUT2D eigenvalue weighted by molar-refractivity contribution is -0.121. The van der Waals surface area contributed by atoms with Crippen LogP contribution in [0.25, 0.3) is 0 Å². The van der Waals surface area contributed by atoms with Gasteiger partial charge in [0.25, 0.3) is 0 Å². The van der Waals surface area contributed by atoms with E-state index in [1.54, 1.807) is 18.5 Å². The molecule has 0 atom stereocenters. The molecule has 0 saturated carbocycles. The van der Waals surface area contributed by atoms with Gasteiger partial charge in [-0.25, -0.2) is 20.2 Å². The van der Waals surface area contributed by atoms with E-state index in [2.05, 4.69) is 15.4 Å². The summed E-state index contributed by atoms with van der Waals surface area (Å²) in [4.78, 5) is 24.3. The third kappa shape index (κ3) is 6.66. The lowest BCUT2D eigenvalue weighted by Crippen LogP contribution is -2.45. The van der Waals surface area contributed by atoms with Crippen LogP contribution in [0.15, 0.2) is 52.4 Å². The Morgan fingerprint density at radius 3 is 2.72 bits per heavy atom. The molecule has 1 aliphatic rings. The predicted octanol–water partition coefficient (Wildman–Crippen LogP) is 3.44. The van der Waals surface area contributed by atoms with E-state index in [-0.39, 0.29) is 24.2 Å². The van der Waals surface area contributed by atoms with Crippen LogP contribution in [-0.2, 0) is 11.3 Å². The number of hydrogen-bond donors (Lipinski definition) is 2. The zero-order valence-corrected chi connectivity index (χ0v) is 18.7. The molecule has 0 aliphatic carbocycles. The minimum absolute atomic E-state index is 0.133. The molecule has 0 radical (unpaired) electrons. The molecule has 2 aromatic carbocycles. The average molecular weight is 461 g/mol. The molecule has 1 heterocycles. The predicted molar refractivity (Wildman–Crippen MR) is 123 cm³/mol. The van der Waals surface area contributed by atoms with E-state index in [1.165, 1.54) is 6.07 Å². The number of hydrazine groups is 1. The zero-order valence-electron chi connectivity index (χ0n) is 18.0. The number of carbonyl (C=O) groups excluding carboxylic acids is 1. The Hall–Kier alpha value is -3.17. The molecule has 3 rings (SSSR count). The van der Waals surface area contributed by atoms with Crippen molar-refractivity contribution in [1.29, 1.82) is 0 Å². The number of nitrogens with two attached hydrogens (primary N) is 1. The van der Waals surface area contributed by atoms with E-state index < -0.39 is 5.82 Å². The van der Waals surface area contributed by atoms with Crippen molar-refractivity contribution in [1.82, 2.24) is 15.2 Å². The van der Waals surface area contributed by atoms with Crippen LogP contribution in [0, 0.1) is 5.82 Å². The van der Waals surface area contributed by atoms with Gasteiger partial charge >= 0.3 is 0 Å². The van der Waals surface area contributed by atoms with Crippen LogP contribution < -0.4 is 16.0 Å². The Bertz CT molecular complexity index is 996. The number of halogens is 2. The van der Waals surface area contributed by atoms with Crippen molar-refractivity contribution in [3.63, 3.8) is 0 Å². The van der Waals surface area contributed by atoms with Crippen molar-refractivity contribution >= 4 is 35.5 Å². The molecule has 1 aliphatic heterocycles. The van der Waals surface area contributed by atoms with Crippen LogP contribution in [0.5, 0.6) is 5.75 Å². The first-order valence-electron chi connectivity index (χ1n) is 10.2. The van der Waals surface area contributed by atoms with Gasteiger partial charge in [0, 0.05) is 30.6 Å². The number of nitrogens with zero attached hydrogens (tertiary/aromatic N) is 4. The molecule has 0 unspecified atom stereocenters. The van der Waals surface area contributed by atoms with Gasteiger partial charge in [-0.05, 0) is 43.7 Å². The van der Waals surface area contributed by atoms with E-state index in [0.717, 1.165) is 5.56 Å². The van der Waals surface area contributed by atoms with E-state index >= 15 is 0 Å². The summed E-state index contributed by atoms with van der Waals surface area (Å²) in [5.74, 6) is 5.01. The van der Waals surface area contributed by atoms with Crippen molar-refractivity contribution in [2.45, 2.75) is 32.9 Å². The van der Waals surface area contributed by atoms with Crippen LogP contribution >= 0.6 is 11.6 Å². The van der Waals surface area contributed by atoms with Crippen LogP contribution in [0.2, 0.25) is 5.02 Å². The van der Waals surface area contributed by atoms with E-state index in [9.17, 15) is 9.18 Å². The first-order valence-corrected chi connectivity index (χ1v) is 10.5. The summed E-state index contributed by atoms with van der Waals surface area (Å²) < 4.78 is 19.8. The molecule has 170 valence electrons. The Morgan fingerprint density at radius 2 is 2.06 bits per heavy atom. The number of nitrogens with one attached hydrogen (secondary N) is 1. The van der Waals surface area contributed by atoms with Gasteiger partial charge in [0.15, 0.2) is 11.6 Å². The molecular formula is C22H26ClFN6O2. The number of hydrogen-bond acceptors (Lipinski definition) is 5. The molecule has 0 aromatic heterocycles. The summed E-state index contributed by atoms with van der Waals surface area (Å²) in [6.45, 7) is 5.06. The fourth-order valence-corrected chi connectivity index (χ4v) is 3.16. The topological polar surface area (TPSA) is 95.5 Å². The lowest BCUT2D eigenvalue weighted by atomic mass is 10.2. The van der Waals surface area contributed by atoms with Gasteiger partial charge in [-0.3, -0.25) is 10.2 Å². The Labute approximate surface area is 191 Å². The first-order chi connectivity index (χ1) is 15.3. The van der Waals surface area contributed by atoms with Crippen LogP contribution in [-0.4, -0.2) is 47.3 Å². The third-order valence-electron chi connectivity index (χ3n) is 4.55. The van der Waals surface area contributed by atoms with E-state index in [4.69, 9.17) is 22.2 Å². The van der Waals surface area contributed by atoms with Crippen molar-refractivity contribution in [2.24, 2.45) is 15.8 Å². The summed E-state index contributed by atoms with van der Waals surface area (Å²) in [7, 11) is 0. The van der Waals surface area contributed by atoms with Crippen molar-refractivity contribution in [3.05, 3.63) is 58.9 Å². The highest BCUT2D eigenvalue weighted by Crippen LogP contribution is 2.25. The highest BCUT2D eigenvalue weighted by molar-refractivity contribution is 6.30. The van der Waals surface area contributed by atoms with Gasteiger partial charge in [0.2, 0.25) is 11.9 Å². The fraction of sp³-hybridized carbons (Fsp3) is 0.318. The van der Waals surface area contributed by atoms with Crippen molar-refractivity contribution in [2.75, 3.05) is 13.2 Å². The van der Waals surface area contributed by atoms with Gasteiger partial charge in [0.1, 0.15) is 0 Å². The fourth-order valence-electron chi connectivity index (χ4n) is 3.03. The number of benzene rings is 2. The SMILES string of the molecule is CC(C)Oc1ccc(N=C2N=CN(CCC(=O)NN)CN2Cc2ccc(Cl)cc2)cc1F. The first kappa shape index (κ1) is 23.5. The zero-order chi connectivity index (χ0) is 23.1. The van der Waals surface area contributed by atoms with E-state index in [0.29, 0.717) is 36.4 Å². The van der Waals surface area contributed by atoms with Gasteiger partial charge in [0.05, 0.1) is 24.8 Å². The second-order valence-electron chi connectivity index (χ2n) is 7.53. The lowest BCUT2D eigenvalue weighted by Gasteiger charge is -2.33. The monoisotopic (exact) mass is 460 g/mol. The minimum Gasteiger partial charge on any atom is -0.488 e. The Balaban J connectivity index is 1.83. The smallest absolute Gasteiger partial charge is 0.235 e. The third-order valence-corrected chi connectivity index (χ3v) is 4.80. The second-order valence-corrected chi connectivity index (χ2v) is 7.97. The van der Waals surface area contributed by atoms with Crippen molar-refractivity contribution < 1.29 is 13.9 Å². The van der Waals surface area contributed by atoms with Crippen LogP contribution in [0.4, 0.5) is 10.1 Å². The molecule has 0 bridgehead atoms. The molecule has 10 heteroatoms. The molecular weight excluding hydrogens is 435 g/mol. The second kappa shape index (κ2) is 10.9. The van der Waals surface area contributed by atoms with Gasteiger partial charge in [-0.15, -0.1) is 0 Å². The quantitative estimate of drug-likeness (QED) is 0.357. The molecule has 1 amide bonds. The number of amides is 1. The standard InChI is InChI=1S/C22H26ClFN6O2/c1-15(2)32-20-8-7-18(11-19(20)24)27-22-26-13-29(10-9-21(31)28-25)14-30(22)12-16-3-5-17(23)6-4-16/h3-8,11,13,15H,9-10,12,14,25H2,1-2H3,(H,28,31). The average Bonchev–Trinajstić information content (AvgIpc) is 2.76.